The molecule has 0 saturated heterocycles. The first-order chi connectivity index (χ1) is 8.17. The zero-order valence-corrected chi connectivity index (χ0v) is 12.8. The number of anilines is 1. The van der Waals surface area contributed by atoms with Crippen molar-refractivity contribution in [1.29, 1.82) is 0 Å². The van der Waals surface area contributed by atoms with Gasteiger partial charge in [0.05, 0.1) is 0 Å². The van der Waals surface area contributed by atoms with Gasteiger partial charge in [-0.25, -0.2) is 0 Å². The summed E-state index contributed by atoms with van der Waals surface area (Å²) < 4.78 is 1.15. The number of nitrogens with one attached hydrogen (secondary N) is 1. The maximum atomic E-state index is 3.58. The summed E-state index contributed by atoms with van der Waals surface area (Å²) in [4.78, 5) is 0. The molecule has 0 bridgehead atoms. The van der Waals surface area contributed by atoms with E-state index in [2.05, 4.69) is 60.2 Å². The minimum atomic E-state index is 0.804. The van der Waals surface area contributed by atoms with E-state index in [1.807, 2.05) is 0 Å². The van der Waals surface area contributed by atoms with Crippen molar-refractivity contribution in [2.75, 3.05) is 11.9 Å². The van der Waals surface area contributed by atoms with Crippen molar-refractivity contribution in [2.45, 2.75) is 46.5 Å². The summed E-state index contributed by atoms with van der Waals surface area (Å²) in [6, 6.07) is 6.42. The van der Waals surface area contributed by atoms with E-state index in [4.69, 9.17) is 0 Å². The third-order valence-electron chi connectivity index (χ3n) is 3.31. The molecule has 0 radical (unpaired) electrons. The van der Waals surface area contributed by atoms with Gasteiger partial charge in [-0.15, -0.1) is 0 Å². The van der Waals surface area contributed by atoms with Crippen molar-refractivity contribution in [3.05, 3.63) is 28.2 Å². The van der Waals surface area contributed by atoms with Gasteiger partial charge in [-0.05, 0) is 43.0 Å². The second kappa shape index (κ2) is 7.75. The monoisotopic (exact) mass is 297 g/mol. The quantitative estimate of drug-likeness (QED) is 0.712. The minimum absolute atomic E-state index is 0.804. The molecule has 0 amide bonds. The Morgan fingerprint density at radius 3 is 2.65 bits per heavy atom. The minimum Gasteiger partial charge on any atom is -0.385 e. The summed E-state index contributed by atoms with van der Waals surface area (Å²) in [6.45, 7) is 7.80. The van der Waals surface area contributed by atoms with Gasteiger partial charge in [-0.3, -0.25) is 0 Å². The van der Waals surface area contributed by atoms with Crippen molar-refractivity contribution in [3.63, 3.8) is 0 Å². The standard InChI is InChI=1S/C15H24BrN/c1-4-6-7-13(5-2)11-17-15-9-8-14(16)10-12(15)3/h8-10,13,17H,4-7,11H2,1-3H3. The highest BCUT2D eigenvalue weighted by Gasteiger charge is 2.06. The summed E-state index contributed by atoms with van der Waals surface area (Å²) in [7, 11) is 0. The van der Waals surface area contributed by atoms with Gasteiger partial charge in [0.2, 0.25) is 0 Å². The number of aryl methyl sites for hydroxylation is 1. The molecule has 1 atom stereocenters. The van der Waals surface area contributed by atoms with Gasteiger partial charge in [0, 0.05) is 16.7 Å². The van der Waals surface area contributed by atoms with Crippen LogP contribution in [0, 0.1) is 12.8 Å². The van der Waals surface area contributed by atoms with Gasteiger partial charge >= 0.3 is 0 Å². The summed E-state index contributed by atoms with van der Waals surface area (Å²) in [6.07, 6.45) is 5.26. The highest BCUT2D eigenvalue weighted by Crippen LogP contribution is 2.21. The molecule has 1 nitrogen and oxygen atoms in total. The number of hydrogen-bond donors (Lipinski definition) is 1. The molecule has 1 N–H and O–H groups in total. The number of benzene rings is 1. The SMILES string of the molecule is CCCCC(CC)CNc1ccc(Br)cc1C. The molecule has 1 aromatic rings. The van der Waals surface area contributed by atoms with Gasteiger partial charge in [-0.2, -0.15) is 0 Å². The van der Waals surface area contributed by atoms with Crippen LogP contribution in [0.25, 0.3) is 0 Å². The lowest BCUT2D eigenvalue weighted by molar-refractivity contribution is 0.472. The fraction of sp³-hybridized carbons (Fsp3) is 0.600. The Morgan fingerprint density at radius 1 is 1.29 bits per heavy atom. The molecule has 2 heteroatoms. The van der Waals surface area contributed by atoms with E-state index < -0.39 is 0 Å². The Morgan fingerprint density at radius 2 is 2.06 bits per heavy atom. The van der Waals surface area contributed by atoms with Crippen molar-refractivity contribution in [2.24, 2.45) is 5.92 Å². The normalized spacial score (nSPS) is 12.5. The second-order valence-corrected chi connectivity index (χ2v) is 5.67. The molecular weight excluding hydrogens is 274 g/mol. The number of hydrogen-bond acceptors (Lipinski definition) is 1. The average Bonchev–Trinajstić information content (AvgIpc) is 2.31. The second-order valence-electron chi connectivity index (χ2n) is 4.76. The molecule has 0 spiro atoms. The maximum Gasteiger partial charge on any atom is 0.0370 e. The molecule has 96 valence electrons. The largest absolute Gasteiger partial charge is 0.385 e. The Bertz CT molecular complexity index is 336. The van der Waals surface area contributed by atoms with Crippen molar-refractivity contribution in [1.82, 2.24) is 0 Å². The Hall–Kier alpha value is -0.500. The number of rotatable bonds is 7. The third kappa shape index (κ3) is 5.12. The van der Waals surface area contributed by atoms with Crippen LogP contribution in [0.4, 0.5) is 5.69 Å². The summed E-state index contributed by atoms with van der Waals surface area (Å²) in [5.41, 5.74) is 2.58. The first kappa shape index (κ1) is 14.6. The van der Waals surface area contributed by atoms with E-state index >= 15 is 0 Å². The van der Waals surface area contributed by atoms with E-state index in [1.54, 1.807) is 0 Å². The van der Waals surface area contributed by atoms with Crippen molar-refractivity contribution in [3.8, 4) is 0 Å². The highest BCUT2D eigenvalue weighted by atomic mass is 79.9. The maximum absolute atomic E-state index is 3.58. The average molecular weight is 298 g/mol. The van der Waals surface area contributed by atoms with Crippen LogP contribution in [-0.4, -0.2) is 6.54 Å². The van der Waals surface area contributed by atoms with Gasteiger partial charge in [0.15, 0.2) is 0 Å². The van der Waals surface area contributed by atoms with E-state index in [9.17, 15) is 0 Å². The Labute approximate surface area is 114 Å². The van der Waals surface area contributed by atoms with E-state index in [0.29, 0.717) is 0 Å². The molecule has 0 saturated carbocycles. The van der Waals surface area contributed by atoms with Crippen LogP contribution >= 0.6 is 15.9 Å². The molecule has 17 heavy (non-hydrogen) atoms. The Kier molecular flexibility index (Phi) is 6.64. The third-order valence-corrected chi connectivity index (χ3v) is 3.81. The molecule has 0 aliphatic carbocycles. The number of halogens is 1. The van der Waals surface area contributed by atoms with Crippen LogP contribution in [0.15, 0.2) is 22.7 Å². The molecule has 0 aliphatic heterocycles. The lowest BCUT2D eigenvalue weighted by Crippen LogP contribution is -2.14. The van der Waals surface area contributed by atoms with Gasteiger partial charge < -0.3 is 5.32 Å². The number of unbranched alkanes of at least 4 members (excludes halogenated alkanes) is 1. The highest BCUT2D eigenvalue weighted by molar-refractivity contribution is 9.10. The summed E-state index contributed by atoms with van der Waals surface area (Å²) in [5, 5.41) is 3.58. The zero-order valence-electron chi connectivity index (χ0n) is 11.2. The fourth-order valence-electron chi connectivity index (χ4n) is 2.02. The van der Waals surface area contributed by atoms with Crippen LogP contribution in [0.5, 0.6) is 0 Å². The first-order valence-corrected chi connectivity index (χ1v) is 7.46. The molecule has 0 heterocycles. The van der Waals surface area contributed by atoms with Crippen LogP contribution < -0.4 is 5.32 Å². The molecule has 1 rings (SSSR count). The lowest BCUT2D eigenvalue weighted by Gasteiger charge is -2.17. The predicted octanol–water partition coefficient (Wildman–Crippen LogP) is 5.39. The smallest absolute Gasteiger partial charge is 0.0370 e. The van der Waals surface area contributed by atoms with Gasteiger partial charge in [0.1, 0.15) is 0 Å². The van der Waals surface area contributed by atoms with Gasteiger partial charge in [0.25, 0.3) is 0 Å². The lowest BCUT2D eigenvalue weighted by atomic mass is 9.99. The molecule has 1 aromatic carbocycles. The topological polar surface area (TPSA) is 12.0 Å². The van der Waals surface area contributed by atoms with Crippen LogP contribution in [-0.2, 0) is 0 Å². The van der Waals surface area contributed by atoms with Crippen molar-refractivity contribution >= 4 is 21.6 Å². The van der Waals surface area contributed by atoms with Crippen LogP contribution in [0.1, 0.15) is 45.1 Å². The van der Waals surface area contributed by atoms with Crippen LogP contribution in [0.2, 0.25) is 0 Å². The molecule has 0 fully saturated rings. The fourth-order valence-corrected chi connectivity index (χ4v) is 2.50. The summed E-state index contributed by atoms with van der Waals surface area (Å²) >= 11 is 3.50. The molecule has 0 aliphatic rings. The molecule has 0 aromatic heterocycles. The van der Waals surface area contributed by atoms with E-state index in [-0.39, 0.29) is 0 Å². The zero-order chi connectivity index (χ0) is 12.7. The Balaban J connectivity index is 2.47. The first-order valence-electron chi connectivity index (χ1n) is 6.67. The molecular formula is C15H24BrN. The van der Waals surface area contributed by atoms with Gasteiger partial charge in [-0.1, -0.05) is 49.0 Å². The van der Waals surface area contributed by atoms with E-state index in [0.717, 1.165) is 16.9 Å². The van der Waals surface area contributed by atoms with E-state index in [1.165, 1.54) is 36.9 Å². The van der Waals surface area contributed by atoms with Crippen LogP contribution in [0.3, 0.4) is 0 Å². The predicted molar refractivity (Wildman–Crippen MR) is 80.7 cm³/mol. The van der Waals surface area contributed by atoms with Crippen molar-refractivity contribution < 1.29 is 0 Å². The molecule has 1 unspecified atom stereocenters. The summed E-state index contributed by atoms with van der Waals surface area (Å²) in [5.74, 6) is 0.804.